The van der Waals surface area contributed by atoms with Gasteiger partial charge in [0.25, 0.3) is 0 Å². The molecule has 3 aromatic rings. The monoisotopic (exact) mass is 415 g/mol. The van der Waals surface area contributed by atoms with E-state index in [-0.39, 0.29) is 11.9 Å². The van der Waals surface area contributed by atoms with Crippen molar-refractivity contribution in [2.24, 2.45) is 0 Å². The number of rotatable bonds is 5. The quantitative estimate of drug-likeness (QED) is 0.684. The first-order valence-electron chi connectivity index (χ1n) is 8.46. The van der Waals surface area contributed by atoms with E-state index in [9.17, 15) is 4.79 Å². The molecule has 1 aromatic carbocycles. The molecular weight excluding hydrogens is 394 g/mol. The molecule has 0 saturated carbocycles. The SMILES string of the molecule is Cc1ccn(C(C)C(=O)Nc2cccc(Cn3nc(C)c(Br)c3C)c2)n1. The van der Waals surface area contributed by atoms with E-state index >= 15 is 0 Å². The number of carbonyl (C=O) groups is 1. The van der Waals surface area contributed by atoms with E-state index in [2.05, 4.69) is 31.4 Å². The topological polar surface area (TPSA) is 64.7 Å². The highest BCUT2D eigenvalue weighted by Gasteiger charge is 2.16. The zero-order valence-corrected chi connectivity index (χ0v) is 16.9. The van der Waals surface area contributed by atoms with E-state index in [4.69, 9.17) is 0 Å². The van der Waals surface area contributed by atoms with Crippen molar-refractivity contribution in [1.82, 2.24) is 19.6 Å². The van der Waals surface area contributed by atoms with Gasteiger partial charge in [0, 0.05) is 11.9 Å². The molecule has 1 amide bonds. The van der Waals surface area contributed by atoms with Crippen molar-refractivity contribution in [2.75, 3.05) is 5.32 Å². The van der Waals surface area contributed by atoms with Crippen molar-refractivity contribution < 1.29 is 4.79 Å². The molecule has 3 rings (SSSR count). The molecule has 0 aliphatic rings. The predicted octanol–water partition coefficient (Wildman–Crippen LogP) is 4.02. The van der Waals surface area contributed by atoms with Crippen LogP contribution in [-0.2, 0) is 11.3 Å². The van der Waals surface area contributed by atoms with Crippen LogP contribution in [0.1, 0.15) is 35.6 Å². The molecule has 1 N–H and O–H groups in total. The molecule has 2 aromatic heterocycles. The fourth-order valence-corrected chi connectivity index (χ4v) is 3.05. The highest BCUT2D eigenvalue weighted by molar-refractivity contribution is 9.10. The molecule has 136 valence electrons. The van der Waals surface area contributed by atoms with Crippen LogP contribution in [0.25, 0.3) is 0 Å². The van der Waals surface area contributed by atoms with Gasteiger partial charge in [-0.1, -0.05) is 12.1 Å². The Labute approximate surface area is 161 Å². The van der Waals surface area contributed by atoms with E-state index in [1.165, 1.54) is 0 Å². The average molecular weight is 416 g/mol. The van der Waals surface area contributed by atoms with E-state index in [1.807, 2.05) is 68.9 Å². The Morgan fingerprint density at radius 3 is 2.62 bits per heavy atom. The summed E-state index contributed by atoms with van der Waals surface area (Å²) in [6, 6.07) is 9.34. The molecule has 6 nitrogen and oxygen atoms in total. The number of anilines is 1. The zero-order chi connectivity index (χ0) is 18.8. The Balaban J connectivity index is 1.72. The number of nitrogens with zero attached hydrogens (tertiary/aromatic N) is 4. The summed E-state index contributed by atoms with van der Waals surface area (Å²) >= 11 is 3.55. The number of benzene rings is 1. The van der Waals surface area contributed by atoms with Crippen LogP contribution in [-0.4, -0.2) is 25.5 Å². The summed E-state index contributed by atoms with van der Waals surface area (Å²) in [5, 5.41) is 11.8. The van der Waals surface area contributed by atoms with Crippen LogP contribution < -0.4 is 5.32 Å². The third-order valence-electron chi connectivity index (χ3n) is 4.34. The molecule has 0 spiro atoms. The Morgan fingerprint density at radius 2 is 2.00 bits per heavy atom. The lowest BCUT2D eigenvalue weighted by Gasteiger charge is -2.13. The fourth-order valence-electron chi connectivity index (χ4n) is 2.76. The second-order valence-corrected chi connectivity index (χ2v) is 7.24. The highest BCUT2D eigenvalue weighted by Crippen LogP contribution is 2.21. The molecule has 0 saturated heterocycles. The molecule has 2 heterocycles. The normalized spacial score (nSPS) is 12.2. The maximum absolute atomic E-state index is 12.5. The number of aryl methyl sites for hydroxylation is 2. The summed E-state index contributed by atoms with van der Waals surface area (Å²) in [5.41, 5.74) is 4.78. The van der Waals surface area contributed by atoms with Crippen molar-refractivity contribution in [3.05, 3.63) is 63.6 Å². The van der Waals surface area contributed by atoms with Crippen LogP contribution in [0.3, 0.4) is 0 Å². The molecule has 0 fully saturated rings. The first-order chi connectivity index (χ1) is 12.3. The average Bonchev–Trinajstić information content (AvgIpc) is 3.14. The van der Waals surface area contributed by atoms with Crippen molar-refractivity contribution in [2.45, 2.75) is 40.3 Å². The first-order valence-corrected chi connectivity index (χ1v) is 9.25. The third kappa shape index (κ3) is 3.88. The second-order valence-electron chi connectivity index (χ2n) is 6.45. The van der Waals surface area contributed by atoms with Crippen molar-refractivity contribution >= 4 is 27.5 Å². The van der Waals surface area contributed by atoms with Crippen molar-refractivity contribution in [3.63, 3.8) is 0 Å². The van der Waals surface area contributed by atoms with Gasteiger partial charge in [-0.25, -0.2) is 0 Å². The summed E-state index contributed by atoms with van der Waals surface area (Å²) in [7, 11) is 0. The van der Waals surface area contributed by atoms with Crippen LogP contribution in [0.4, 0.5) is 5.69 Å². The van der Waals surface area contributed by atoms with Gasteiger partial charge in [-0.2, -0.15) is 10.2 Å². The van der Waals surface area contributed by atoms with Gasteiger partial charge in [-0.3, -0.25) is 14.2 Å². The fraction of sp³-hybridized carbons (Fsp3) is 0.316. The van der Waals surface area contributed by atoms with E-state index in [0.717, 1.165) is 32.8 Å². The number of aromatic nitrogens is 4. The predicted molar refractivity (Wildman–Crippen MR) is 105 cm³/mol. The number of nitrogens with one attached hydrogen (secondary N) is 1. The first kappa shape index (κ1) is 18.4. The minimum atomic E-state index is -0.376. The summed E-state index contributed by atoms with van der Waals surface area (Å²) in [6.07, 6.45) is 1.82. The summed E-state index contributed by atoms with van der Waals surface area (Å²) in [5.74, 6) is -0.0980. The lowest BCUT2D eigenvalue weighted by Crippen LogP contribution is -2.24. The number of carbonyl (C=O) groups excluding carboxylic acids is 1. The number of amides is 1. The van der Waals surface area contributed by atoms with E-state index < -0.39 is 0 Å². The molecule has 1 unspecified atom stereocenters. The maximum Gasteiger partial charge on any atom is 0.248 e. The third-order valence-corrected chi connectivity index (χ3v) is 5.49. The van der Waals surface area contributed by atoms with Gasteiger partial charge in [-0.15, -0.1) is 0 Å². The smallest absolute Gasteiger partial charge is 0.248 e. The number of hydrogen-bond acceptors (Lipinski definition) is 3. The van der Waals surface area contributed by atoms with Crippen molar-refractivity contribution in [3.8, 4) is 0 Å². The lowest BCUT2D eigenvalue weighted by atomic mass is 10.2. The Hall–Kier alpha value is -2.41. The molecule has 0 bridgehead atoms. The Morgan fingerprint density at radius 1 is 1.23 bits per heavy atom. The Bertz CT molecular complexity index is 943. The summed E-state index contributed by atoms with van der Waals surface area (Å²) < 4.78 is 4.66. The maximum atomic E-state index is 12.5. The standard InChI is InChI=1S/C19H22BrN5O/c1-12-8-9-24(22-12)15(4)19(26)21-17-7-5-6-16(10-17)11-25-14(3)18(20)13(2)23-25/h5-10,15H,11H2,1-4H3,(H,21,26). The Kier molecular flexibility index (Phi) is 5.27. The van der Waals surface area contributed by atoms with E-state index in [1.54, 1.807) is 4.68 Å². The molecule has 26 heavy (non-hydrogen) atoms. The van der Waals surface area contributed by atoms with Crippen LogP contribution in [0.2, 0.25) is 0 Å². The minimum Gasteiger partial charge on any atom is -0.324 e. The van der Waals surface area contributed by atoms with Gasteiger partial charge in [0.2, 0.25) is 5.91 Å². The number of hydrogen-bond donors (Lipinski definition) is 1. The molecule has 0 radical (unpaired) electrons. The molecule has 7 heteroatoms. The molecule has 1 atom stereocenters. The van der Waals surface area contributed by atoms with Gasteiger partial charge in [0.1, 0.15) is 6.04 Å². The summed E-state index contributed by atoms with van der Waals surface area (Å²) in [6.45, 7) is 8.39. The number of halogens is 1. The van der Waals surface area contributed by atoms with Crippen LogP contribution in [0, 0.1) is 20.8 Å². The van der Waals surface area contributed by atoms with Gasteiger partial charge < -0.3 is 5.32 Å². The van der Waals surface area contributed by atoms with E-state index in [0.29, 0.717) is 6.54 Å². The zero-order valence-electron chi connectivity index (χ0n) is 15.3. The molecular formula is C19H22BrN5O. The van der Waals surface area contributed by atoms with Crippen LogP contribution >= 0.6 is 15.9 Å². The largest absolute Gasteiger partial charge is 0.324 e. The van der Waals surface area contributed by atoms with Gasteiger partial charge >= 0.3 is 0 Å². The van der Waals surface area contributed by atoms with Gasteiger partial charge in [-0.05, 0) is 67.4 Å². The molecule has 0 aliphatic heterocycles. The summed E-state index contributed by atoms with van der Waals surface area (Å²) in [4.78, 5) is 12.5. The highest BCUT2D eigenvalue weighted by atomic mass is 79.9. The lowest BCUT2D eigenvalue weighted by molar-refractivity contribution is -0.119. The molecule has 0 aliphatic carbocycles. The minimum absolute atomic E-state index is 0.0980. The van der Waals surface area contributed by atoms with Crippen molar-refractivity contribution in [1.29, 1.82) is 0 Å². The van der Waals surface area contributed by atoms with Crippen LogP contribution in [0.5, 0.6) is 0 Å². The van der Waals surface area contributed by atoms with Gasteiger partial charge in [0.15, 0.2) is 0 Å². The second kappa shape index (κ2) is 7.45. The van der Waals surface area contributed by atoms with Crippen LogP contribution in [0.15, 0.2) is 41.0 Å². The van der Waals surface area contributed by atoms with Gasteiger partial charge in [0.05, 0.1) is 28.1 Å².